The van der Waals surface area contributed by atoms with Crippen LogP contribution in [0.5, 0.6) is 5.75 Å². The van der Waals surface area contributed by atoms with Crippen LogP contribution in [0.1, 0.15) is 19.4 Å². The van der Waals surface area contributed by atoms with Crippen LogP contribution in [0.4, 0.5) is 0 Å². The number of nitrogens with zero attached hydrogens (tertiary/aromatic N) is 1. The fraction of sp³-hybridized carbons (Fsp3) is 0.273. The van der Waals surface area contributed by atoms with Gasteiger partial charge in [0.2, 0.25) is 5.91 Å². The molecule has 0 radical (unpaired) electrons. The van der Waals surface area contributed by atoms with Gasteiger partial charge in [0.15, 0.2) is 0 Å². The van der Waals surface area contributed by atoms with Crippen molar-refractivity contribution in [2.24, 2.45) is 5.92 Å². The molecule has 0 aliphatic rings. The zero-order chi connectivity index (χ0) is 20.1. The zero-order valence-electron chi connectivity index (χ0n) is 16.0. The molecule has 0 saturated carbocycles. The van der Waals surface area contributed by atoms with Gasteiger partial charge in [-0.15, -0.1) is 0 Å². The third kappa shape index (κ3) is 4.71. The maximum Gasteiger partial charge on any atom is 0.326 e. The molecule has 1 heterocycles. The summed E-state index contributed by atoms with van der Waals surface area (Å²) in [6.45, 7) is 4.08. The molecule has 0 saturated heterocycles. The number of rotatable bonds is 8. The van der Waals surface area contributed by atoms with E-state index >= 15 is 0 Å². The monoisotopic (exact) mass is 380 g/mol. The number of fused-ring (bicyclic) bond motifs is 1. The first-order valence-corrected chi connectivity index (χ1v) is 9.22. The van der Waals surface area contributed by atoms with Crippen LogP contribution in [0.3, 0.4) is 0 Å². The molecule has 146 valence electrons. The number of hydrogen-bond acceptors (Lipinski definition) is 3. The van der Waals surface area contributed by atoms with E-state index in [9.17, 15) is 14.7 Å². The van der Waals surface area contributed by atoms with Crippen molar-refractivity contribution < 1.29 is 19.4 Å². The zero-order valence-corrected chi connectivity index (χ0v) is 16.0. The highest BCUT2D eigenvalue weighted by Gasteiger charge is 2.23. The number of carboxylic acids is 1. The van der Waals surface area contributed by atoms with Gasteiger partial charge < -0.3 is 19.7 Å². The van der Waals surface area contributed by atoms with Crippen molar-refractivity contribution in [1.82, 2.24) is 9.88 Å². The van der Waals surface area contributed by atoms with Gasteiger partial charge in [-0.1, -0.05) is 44.2 Å². The smallest absolute Gasteiger partial charge is 0.326 e. The maximum atomic E-state index is 12.3. The van der Waals surface area contributed by atoms with E-state index in [1.807, 2.05) is 60.8 Å². The van der Waals surface area contributed by atoms with Crippen molar-refractivity contribution in [2.45, 2.75) is 33.0 Å². The number of carbonyl (C=O) groups excluding carboxylic acids is 1. The summed E-state index contributed by atoms with van der Waals surface area (Å²) in [5, 5.41) is 12.8. The van der Waals surface area contributed by atoms with Crippen molar-refractivity contribution in [3.8, 4) is 5.75 Å². The molecule has 3 aromatic rings. The van der Waals surface area contributed by atoms with Crippen LogP contribution in [0.2, 0.25) is 0 Å². The van der Waals surface area contributed by atoms with Crippen LogP contribution >= 0.6 is 0 Å². The summed E-state index contributed by atoms with van der Waals surface area (Å²) in [5.74, 6) is -0.791. The molecule has 0 bridgehead atoms. The average molecular weight is 380 g/mol. The number of aliphatic carboxylic acids is 1. The molecule has 28 heavy (non-hydrogen) atoms. The second-order valence-corrected chi connectivity index (χ2v) is 7.07. The second-order valence-electron chi connectivity index (χ2n) is 7.07. The maximum absolute atomic E-state index is 12.3. The summed E-state index contributed by atoms with van der Waals surface area (Å²) in [5.41, 5.74) is 1.98. The Kier molecular flexibility index (Phi) is 5.99. The van der Waals surface area contributed by atoms with Gasteiger partial charge >= 0.3 is 5.97 Å². The third-order valence-electron chi connectivity index (χ3n) is 4.55. The summed E-state index contributed by atoms with van der Waals surface area (Å²) in [4.78, 5) is 23.5. The SMILES string of the molecule is CC(C)[C@H](NC(=O)Cn1ccc2cc(OCc3ccccc3)ccc21)C(=O)O. The minimum Gasteiger partial charge on any atom is -0.489 e. The minimum absolute atomic E-state index is 0.0597. The van der Waals surface area contributed by atoms with Gasteiger partial charge in [0.05, 0.1) is 0 Å². The van der Waals surface area contributed by atoms with Crippen LogP contribution in [-0.2, 0) is 22.7 Å². The third-order valence-corrected chi connectivity index (χ3v) is 4.55. The Morgan fingerprint density at radius 3 is 2.54 bits per heavy atom. The van der Waals surface area contributed by atoms with Crippen molar-refractivity contribution in [3.05, 3.63) is 66.4 Å². The molecule has 2 aromatic carbocycles. The lowest BCUT2D eigenvalue weighted by Gasteiger charge is -2.18. The van der Waals surface area contributed by atoms with Gasteiger partial charge in [0, 0.05) is 17.1 Å². The number of aromatic nitrogens is 1. The van der Waals surface area contributed by atoms with E-state index in [1.54, 1.807) is 18.4 Å². The highest BCUT2D eigenvalue weighted by molar-refractivity contribution is 5.86. The molecule has 1 amide bonds. The number of carbonyl (C=O) groups is 2. The molecule has 1 atom stereocenters. The first-order chi connectivity index (χ1) is 13.4. The highest BCUT2D eigenvalue weighted by Crippen LogP contribution is 2.23. The summed E-state index contributed by atoms with van der Waals surface area (Å²) >= 11 is 0. The lowest BCUT2D eigenvalue weighted by atomic mass is 10.1. The fourth-order valence-corrected chi connectivity index (χ4v) is 3.03. The predicted molar refractivity (Wildman–Crippen MR) is 107 cm³/mol. The predicted octanol–water partition coefficient (Wildman–Crippen LogP) is 3.45. The summed E-state index contributed by atoms with van der Waals surface area (Å²) in [6.07, 6.45) is 1.82. The van der Waals surface area contributed by atoms with Crippen LogP contribution < -0.4 is 10.1 Å². The molecule has 0 aliphatic carbocycles. The van der Waals surface area contributed by atoms with E-state index in [1.165, 1.54) is 0 Å². The van der Waals surface area contributed by atoms with Gasteiger partial charge in [0.1, 0.15) is 24.9 Å². The lowest BCUT2D eigenvalue weighted by molar-refractivity contribution is -0.143. The lowest BCUT2D eigenvalue weighted by Crippen LogP contribution is -2.45. The van der Waals surface area contributed by atoms with E-state index in [2.05, 4.69) is 5.32 Å². The molecule has 6 nitrogen and oxygen atoms in total. The van der Waals surface area contributed by atoms with E-state index in [-0.39, 0.29) is 18.4 Å². The number of amides is 1. The summed E-state index contributed by atoms with van der Waals surface area (Å²) in [7, 11) is 0. The average Bonchev–Trinajstić information content (AvgIpc) is 3.07. The Morgan fingerprint density at radius 2 is 1.86 bits per heavy atom. The number of nitrogens with one attached hydrogen (secondary N) is 1. The van der Waals surface area contributed by atoms with Crippen molar-refractivity contribution >= 4 is 22.8 Å². The Bertz CT molecular complexity index is 963. The molecular weight excluding hydrogens is 356 g/mol. The van der Waals surface area contributed by atoms with Crippen molar-refractivity contribution in [2.75, 3.05) is 0 Å². The van der Waals surface area contributed by atoms with Crippen molar-refractivity contribution in [3.63, 3.8) is 0 Å². The van der Waals surface area contributed by atoms with E-state index in [4.69, 9.17) is 4.74 Å². The largest absolute Gasteiger partial charge is 0.489 e. The fourth-order valence-electron chi connectivity index (χ4n) is 3.03. The Morgan fingerprint density at radius 1 is 1.11 bits per heavy atom. The van der Waals surface area contributed by atoms with Crippen LogP contribution in [0.25, 0.3) is 10.9 Å². The number of benzene rings is 2. The van der Waals surface area contributed by atoms with Gasteiger partial charge in [-0.2, -0.15) is 0 Å². The van der Waals surface area contributed by atoms with Crippen LogP contribution in [-0.4, -0.2) is 27.6 Å². The Hall–Kier alpha value is -3.28. The molecule has 0 fully saturated rings. The minimum atomic E-state index is -1.03. The van der Waals surface area contributed by atoms with Crippen LogP contribution in [0, 0.1) is 5.92 Å². The molecule has 1 aromatic heterocycles. The van der Waals surface area contributed by atoms with Gasteiger partial charge in [0.25, 0.3) is 0 Å². The van der Waals surface area contributed by atoms with Gasteiger partial charge in [-0.3, -0.25) is 4.79 Å². The van der Waals surface area contributed by atoms with Crippen molar-refractivity contribution in [1.29, 1.82) is 0 Å². The number of carboxylic acid groups (broad SMARTS) is 1. The molecule has 0 spiro atoms. The van der Waals surface area contributed by atoms with Gasteiger partial charge in [-0.05, 0) is 35.7 Å². The summed E-state index contributed by atoms with van der Waals surface area (Å²) < 4.78 is 7.64. The standard InChI is InChI=1S/C22H24N2O4/c1-15(2)21(22(26)27)23-20(25)13-24-11-10-17-12-18(8-9-19(17)24)28-14-16-6-4-3-5-7-16/h3-12,15,21H,13-14H2,1-2H3,(H,23,25)(H,26,27)/t21-/m0/s1. The quantitative estimate of drug-likeness (QED) is 0.627. The van der Waals surface area contributed by atoms with Crippen LogP contribution in [0.15, 0.2) is 60.8 Å². The van der Waals surface area contributed by atoms with E-state index in [0.717, 1.165) is 22.2 Å². The first-order valence-electron chi connectivity index (χ1n) is 9.22. The Labute approximate surface area is 163 Å². The molecule has 0 aliphatic heterocycles. The molecule has 0 unspecified atom stereocenters. The van der Waals surface area contributed by atoms with Gasteiger partial charge in [-0.25, -0.2) is 4.79 Å². The number of ether oxygens (including phenoxy) is 1. The highest BCUT2D eigenvalue weighted by atomic mass is 16.5. The normalized spacial score (nSPS) is 12.1. The molecule has 3 rings (SSSR count). The Balaban J connectivity index is 1.67. The summed E-state index contributed by atoms with van der Waals surface area (Å²) in [6, 6.07) is 16.7. The first kappa shape index (κ1) is 19.5. The van der Waals surface area contributed by atoms with E-state index in [0.29, 0.717) is 6.61 Å². The number of hydrogen-bond donors (Lipinski definition) is 2. The second kappa shape index (κ2) is 8.61. The molecule has 6 heteroatoms. The molecule has 2 N–H and O–H groups in total. The topological polar surface area (TPSA) is 80.6 Å². The van der Waals surface area contributed by atoms with E-state index < -0.39 is 12.0 Å². The molecular formula is C22H24N2O4.